The molecule has 0 spiro atoms. The number of sulfone groups is 1. The molecular weight excluding hydrogens is 508 g/mol. The van der Waals surface area contributed by atoms with Crippen LogP contribution in [0.4, 0.5) is 0 Å². The van der Waals surface area contributed by atoms with Gasteiger partial charge in [-0.1, -0.05) is 17.7 Å². The van der Waals surface area contributed by atoms with Crippen LogP contribution in [-0.2, 0) is 29.8 Å². The maximum absolute atomic E-state index is 13.6. The Labute approximate surface area is 215 Å². The molecule has 0 unspecified atom stereocenters. The predicted octanol–water partition coefficient (Wildman–Crippen LogP) is 2.76. The third-order valence-electron chi connectivity index (χ3n) is 6.14. The molecule has 1 saturated heterocycles. The van der Waals surface area contributed by atoms with E-state index in [1.54, 1.807) is 11.5 Å². The second-order valence-corrected chi connectivity index (χ2v) is 11.4. The minimum atomic E-state index is -3.80. The fourth-order valence-electron chi connectivity index (χ4n) is 4.12. The smallest absolute Gasteiger partial charge is 0.182 e. The first-order valence-corrected chi connectivity index (χ1v) is 13.6. The van der Waals surface area contributed by atoms with Gasteiger partial charge in [0.2, 0.25) is 0 Å². The second-order valence-electron chi connectivity index (χ2n) is 8.63. The molecule has 4 rings (SSSR count). The fourth-order valence-corrected chi connectivity index (χ4v) is 5.65. The highest BCUT2D eigenvalue weighted by Crippen LogP contribution is 2.30. The van der Waals surface area contributed by atoms with Crippen LogP contribution < -0.4 is 0 Å². The Morgan fingerprint density at radius 3 is 2.58 bits per heavy atom. The lowest BCUT2D eigenvalue weighted by Gasteiger charge is -2.30. The number of methoxy groups -OCH3 is 1. The minimum absolute atomic E-state index is 0.227. The Hall–Kier alpha value is -2.51. The summed E-state index contributed by atoms with van der Waals surface area (Å²) in [5, 5.41) is 7.99. The van der Waals surface area contributed by atoms with Gasteiger partial charge >= 0.3 is 0 Å². The summed E-state index contributed by atoms with van der Waals surface area (Å²) in [6.07, 6.45) is 1.61. The number of rotatable bonds is 9. The minimum Gasteiger partial charge on any atom is -0.376 e. The van der Waals surface area contributed by atoms with E-state index in [9.17, 15) is 8.42 Å². The molecule has 4 heterocycles. The summed E-state index contributed by atoms with van der Waals surface area (Å²) < 4.78 is 45.9. The van der Waals surface area contributed by atoms with Crippen molar-refractivity contribution in [3.8, 4) is 11.5 Å². The van der Waals surface area contributed by atoms with E-state index in [-0.39, 0.29) is 29.5 Å². The van der Waals surface area contributed by atoms with Gasteiger partial charge in [-0.05, 0) is 32.9 Å². The molecular formula is C23H29ClN6O5S. The van der Waals surface area contributed by atoms with E-state index in [1.807, 2.05) is 32.0 Å². The zero-order chi connectivity index (χ0) is 25.9. The Kier molecular flexibility index (Phi) is 8.30. The molecule has 194 valence electrons. The molecule has 0 bridgehead atoms. The van der Waals surface area contributed by atoms with E-state index >= 15 is 0 Å². The van der Waals surface area contributed by atoms with E-state index in [0.29, 0.717) is 36.4 Å². The summed E-state index contributed by atoms with van der Waals surface area (Å²) in [6, 6.07) is 5.26. The molecule has 0 saturated carbocycles. The lowest BCUT2D eigenvalue weighted by Crippen LogP contribution is -2.36. The lowest BCUT2D eigenvalue weighted by molar-refractivity contribution is -0.105. The van der Waals surface area contributed by atoms with Crippen molar-refractivity contribution in [1.29, 1.82) is 0 Å². The summed E-state index contributed by atoms with van der Waals surface area (Å²) in [6.45, 7) is 6.72. The molecule has 3 aromatic rings. The van der Waals surface area contributed by atoms with Crippen molar-refractivity contribution in [2.45, 2.75) is 50.0 Å². The van der Waals surface area contributed by atoms with Crippen LogP contribution in [0.25, 0.3) is 11.5 Å². The van der Waals surface area contributed by atoms with E-state index in [0.717, 1.165) is 5.69 Å². The fraction of sp³-hybridized carbons (Fsp3) is 0.522. The molecule has 13 heteroatoms. The highest BCUT2D eigenvalue weighted by Gasteiger charge is 2.36. The first kappa shape index (κ1) is 26.6. The number of aromatic nitrogens is 6. The molecule has 11 nitrogen and oxygen atoms in total. The van der Waals surface area contributed by atoms with Crippen LogP contribution in [0.1, 0.15) is 43.3 Å². The van der Waals surface area contributed by atoms with Crippen molar-refractivity contribution in [2.24, 2.45) is 0 Å². The van der Waals surface area contributed by atoms with E-state index in [2.05, 4.69) is 25.1 Å². The van der Waals surface area contributed by atoms with Crippen LogP contribution in [0.15, 0.2) is 30.6 Å². The van der Waals surface area contributed by atoms with Crippen molar-refractivity contribution >= 4 is 21.4 Å². The molecule has 3 aromatic heterocycles. The van der Waals surface area contributed by atoms with Gasteiger partial charge < -0.3 is 18.8 Å². The molecule has 0 N–H and O–H groups in total. The number of pyridine rings is 1. The largest absolute Gasteiger partial charge is 0.376 e. The third-order valence-corrected chi connectivity index (χ3v) is 8.38. The summed E-state index contributed by atoms with van der Waals surface area (Å²) >= 11 is 5.88. The van der Waals surface area contributed by atoms with Crippen LogP contribution in [-0.4, -0.2) is 76.4 Å². The third kappa shape index (κ3) is 5.73. The summed E-state index contributed by atoms with van der Waals surface area (Å²) in [7, 11) is -2.38. The van der Waals surface area contributed by atoms with Gasteiger partial charge in [0.15, 0.2) is 21.5 Å². The number of aryl methyl sites for hydroxylation is 1. The average Bonchev–Trinajstić information content (AvgIpc) is 3.28. The molecule has 1 aliphatic heterocycles. The molecule has 1 fully saturated rings. The monoisotopic (exact) mass is 536 g/mol. The van der Waals surface area contributed by atoms with Crippen molar-refractivity contribution in [2.75, 3.05) is 26.9 Å². The molecule has 36 heavy (non-hydrogen) atoms. The van der Waals surface area contributed by atoms with E-state index in [4.69, 9.17) is 25.8 Å². The van der Waals surface area contributed by atoms with Crippen LogP contribution >= 0.6 is 11.6 Å². The van der Waals surface area contributed by atoms with Gasteiger partial charge in [-0.25, -0.2) is 23.4 Å². The standard InChI is InChI=1S/C23H29ClN6O5S/c1-14-6-5-7-18(27-14)23-29-28-20(30(23)15(2)19-12-34-8-9-35-19)13-36(31,32)16(3)21(33-4)22-25-10-17(24)11-26-22/h5-7,10-11,15-16,19,21H,8-9,12-13H2,1-4H3/t15-,16-,19-,21-/m0/s1. The van der Waals surface area contributed by atoms with Crippen LogP contribution in [0, 0.1) is 6.92 Å². The van der Waals surface area contributed by atoms with Crippen molar-refractivity contribution in [3.63, 3.8) is 0 Å². The summed E-state index contributed by atoms with van der Waals surface area (Å²) in [5.41, 5.74) is 1.40. The molecule has 1 aliphatic rings. The van der Waals surface area contributed by atoms with Crippen molar-refractivity contribution in [1.82, 2.24) is 29.7 Å². The first-order chi connectivity index (χ1) is 17.2. The number of hydrogen-bond acceptors (Lipinski definition) is 10. The maximum Gasteiger partial charge on any atom is 0.182 e. The van der Waals surface area contributed by atoms with Gasteiger partial charge in [-0.3, -0.25) is 0 Å². The number of halogens is 1. The first-order valence-electron chi connectivity index (χ1n) is 11.5. The SMILES string of the molecule is CO[C@H](c1ncc(Cl)cn1)[C@H](C)S(=O)(=O)Cc1nnc(-c2cccc(C)n2)n1[C@@H](C)[C@@H]1COCCO1. The van der Waals surface area contributed by atoms with Gasteiger partial charge in [0.1, 0.15) is 29.5 Å². The van der Waals surface area contributed by atoms with E-state index < -0.39 is 21.2 Å². The number of ether oxygens (including phenoxy) is 3. The van der Waals surface area contributed by atoms with Gasteiger partial charge in [-0.15, -0.1) is 10.2 Å². The normalized spacial score (nSPS) is 19.1. The maximum atomic E-state index is 13.6. The Balaban J connectivity index is 1.70. The van der Waals surface area contributed by atoms with Crippen LogP contribution in [0.2, 0.25) is 5.02 Å². The lowest BCUT2D eigenvalue weighted by atomic mass is 10.1. The van der Waals surface area contributed by atoms with Gasteiger partial charge in [0.25, 0.3) is 0 Å². The van der Waals surface area contributed by atoms with E-state index in [1.165, 1.54) is 19.5 Å². The number of nitrogens with zero attached hydrogens (tertiary/aromatic N) is 6. The zero-order valence-electron chi connectivity index (χ0n) is 20.5. The topological polar surface area (TPSA) is 131 Å². The molecule has 0 aliphatic carbocycles. The Morgan fingerprint density at radius 1 is 1.19 bits per heavy atom. The van der Waals surface area contributed by atoms with Gasteiger partial charge in [0.05, 0.1) is 36.1 Å². The Morgan fingerprint density at radius 2 is 1.94 bits per heavy atom. The Bertz CT molecular complexity index is 1280. The molecule has 0 radical (unpaired) electrons. The van der Waals surface area contributed by atoms with Crippen LogP contribution in [0.5, 0.6) is 0 Å². The van der Waals surface area contributed by atoms with Crippen molar-refractivity contribution in [3.05, 3.63) is 53.0 Å². The van der Waals surface area contributed by atoms with Gasteiger partial charge in [-0.2, -0.15) is 0 Å². The highest BCUT2D eigenvalue weighted by molar-refractivity contribution is 7.91. The number of hydrogen-bond donors (Lipinski definition) is 0. The van der Waals surface area contributed by atoms with Gasteiger partial charge in [0, 0.05) is 25.2 Å². The quantitative estimate of drug-likeness (QED) is 0.402. The second kappa shape index (κ2) is 11.3. The summed E-state index contributed by atoms with van der Waals surface area (Å²) in [5.74, 6) is 0.583. The highest BCUT2D eigenvalue weighted by atomic mass is 35.5. The average molecular weight is 537 g/mol. The molecule has 4 atom stereocenters. The van der Waals surface area contributed by atoms with Crippen molar-refractivity contribution < 1.29 is 22.6 Å². The molecule has 0 amide bonds. The summed E-state index contributed by atoms with van der Waals surface area (Å²) in [4.78, 5) is 12.9. The van der Waals surface area contributed by atoms with Crippen LogP contribution in [0.3, 0.4) is 0 Å². The molecule has 0 aromatic carbocycles. The zero-order valence-corrected chi connectivity index (χ0v) is 22.1. The predicted molar refractivity (Wildman–Crippen MR) is 132 cm³/mol.